The van der Waals surface area contributed by atoms with Crippen molar-refractivity contribution in [2.24, 2.45) is 0 Å². The van der Waals surface area contributed by atoms with E-state index in [0.717, 1.165) is 31.5 Å². The Hall–Kier alpha value is -1.68. The lowest BCUT2D eigenvalue weighted by Crippen LogP contribution is -2.30. The second-order valence-corrected chi connectivity index (χ2v) is 4.80. The Morgan fingerprint density at radius 3 is 2.44 bits per heavy atom. The normalized spacial score (nSPS) is 17.6. The fourth-order valence-electron chi connectivity index (χ4n) is 2.49. The van der Waals surface area contributed by atoms with Crippen molar-refractivity contribution in [3.63, 3.8) is 0 Å². The van der Waals surface area contributed by atoms with Crippen molar-refractivity contribution in [3.05, 3.63) is 35.4 Å². The molecular weight excluding hydrogens is 230 g/mol. The van der Waals surface area contributed by atoms with Crippen LogP contribution < -0.4 is 0 Å². The zero-order valence-corrected chi connectivity index (χ0v) is 10.4. The van der Waals surface area contributed by atoms with Crippen molar-refractivity contribution in [2.45, 2.75) is 18.8 Å². The van der Waals surface area contributed by atoms with Gasteiger partial charge in [-0.15, -0.1) is 0 Å². The van der Waals surface area contributed by atoms with E-state index in [1.807, 2.05) is 12.1 Å². The Bertz CT molecular complexity index is 462. The van der Waals surface area contributed by atoms with Gasteiger partial charge in [0.05, 0.1) is 0 Å². The number of hydrogen-bond donors (Lipinski definition) is 1. The summed E-state index contributed by atoms with van der Waals surface area (Å²) in [6.07, 6.45) is 1.95. The number of nitrogens with zero attached hydrogens (tertiary/aromatic N) is 1. The third-order valence-corrected chi connectivity index (χ3v) is 3.56. The summed E-state index contributed by atoms with van der Waals surface area (Å²) in [5.41, 5.74) is 1.23. The number of Topliss-reactive ketones (excluding diaryl/α,β-unsaturated/α-hetero) is 1. The highest BCUT2D eigenvalue weighted by Crippen LogP contribution is 2.30. The monoisotopic (exact) mass is 247 g/mol. The van der Waals surface area contributed by atoms with Crippen LogP contribution in [0.5, 0.6) is 0 Å². The molecule has 1 aromatic rings. The van der Waals surface area contributed by atoms with E-state index in [9.17, 15) is 9.59 Å². The van der Waals surface area contributed by atoms with Gasteiger partial charge < -0.3 is 10.0 Å². The number of ketones is 1. The molecule has 1 fully saturated rings. The van der Waals surface area contributed by atoms with Crippen molar-refractivity contribution in [1.82, 2.24) is 4.90 Å². The molecule has 0 spiro atoms. The lowest BCUT2D eigenvalue weighted by Gasteiger charge is -2.30. The number of benzene rings is 1. The Kier molecular flexibility index (Phi) is 3.77. The average molecular weight is 247 g/mol. The number of carbonyl (C=O) groups is 2. The van der Waals surface area contributed by atoms with Crippen molar-refractivity contribution in [2.75, 3.05) is 20.1 Å². The van der Waals surface area contributed by atoms with E-state index in [1.54, 1.807) is 12.1 Å². The van der Waals surface area contributed by atoms with Crippen LogP contribution in [0.3, 0.4) is 0 Å². The van der Waals surface area contributed by atoms with Gasteiger partial charge in [-0.1, -0.05) is 24.3 Å². The number of carboxylic acids is 1. The molecule has 1 aliphatic rings. The van der Waals surface area contributed by atoms with Crippen LogP contribution in [0, 0.1) is 0 Å². The largest absolute Gasteiger partial charge is 0.475 e. The fraction of sp³-hybridized carbons (Fsp3) is 0.429. The molecule has 18 heavy (non-hydrogen) atoms. The Morgan fingerprint density at radius 2 is 1.83 bits per heavy atom. The highest BCUT2D eigenvalue weighted by molar-refractivity contribution is 6.40. The molecule has 1 aromatic carbocycles. The van der Waals surface area contributed by atoms with E-state index in [4.69, 9.17) is 5.11 Å². The standard InChI is InChI=1S/C14H17NO3/c1-15-8-6-10(7-9-15)11-4-2-3-5-12(11)13(16)14(17)18/h2-5,10H,6-9H2,1H3,(H,17,18). The quantitative estimate of drug-likeness (QED) is 0.653. The molecule has 0 bridgehead atoms. The van der Waals surface area contributed by atoms with Crippen LogP contribution in [0.15, 0.2) is 24.3 Å². The molecule has 1 aliphatic heterocycles. The summed E-state index contributed by atoms with van der Waals surface area (Å²) in [6, 6.07) is 7.08. The topological polar surface area (TPSA) is 57.6 Å². The molecule has 0 aliphatic carbocycles. The molecule has 0 atom stereocenters. The number of aliphatic carboxylic acids is 1. The fourth-order valence-corrected chi connectivity index (χ4v) is 2.49. The molecule has 4 nitrogen and oxygen atoms in total. The Labute approximate surface area is 106 Å². The van der Waals surface area contributed by atoms with Crippen LogP contribution in [0.2, 0.25) is 0 Å². The maximum atomic E-state index is 11.7. The van der Waals surface area contributed by atoms with Crippen LogP contribution in [-0.2, 0) is 4.79 Å². The summed E-state index contributed by atoms with van der Waals surface area (Å²) in [7, 11) is 2.07. The number of carboxylic acid groups (broad SMARTS) is 1. The third kappa shape index (κ3) is 2.59. The lowest BCUT2D eigenvalue weighted by atomic mass is 9.85. The maximum Gasteiger partial charge on any atom is 0.377 e. The molecule has 1 heterocycles. The van der Waals surface area contributed by atoms with Gasteiger partial charge in [0.15, 0.2) is 0 Å². The second kappa shape index (κ2) is 5.31. The molecule has 0 aromatic heterocycles. The number of piperidine rings is 1. The van der Waals surface area contributed by atoms with E-state index in [-0.39, 0.29) is 0 Å². The number of hydrogen-bond acceptors (Lipinski definition) is 3. The third-order valence-electron chi connectivity index (χ3n) is 3.56. The first-order valence-electron chi connectivity index (χ1n) is 6.14. The van der Waals surface area contributed by atoms with Gasteiger partial charge in [0.1, 0.15) is 0 Å². The van der Waals surface area contributed by atoms with E-state index in [2.05, 4.69) is 11.9 Å². The van der Waals surface area contributed by atoms with E-state index in [0.29, 0.717) is 11.5 Å². The summed E-state index contributed by atoms with van der Waals surface area (Å²) < 4.78 is 0. The molecule has 1 saturated heterocycles. The van der Waals surface area contributed by atoms with Gasteiger partial charge in [-0.05, 0) is 44.5 Å². The van der Waals surface area contributed by atoms with Gasteiger partial charge >= 0.3 is 5.97 Å². The van der Waals surface area contributed by atoms with Gasteiger partial charge in [-0.25, -0.2) is 4.79 Å². The van der Waals surface area contributed by atoms with Crippen molar-refractivity contribution in [1.29, 1.82) is 0 Å². The van der Waals surface area contributed by atoms with Crippen molar-refractivity contribution < 1.29 is 14.7 Å². The smallest absolute Gasteiger partial charge is 0.377 e. The Morgan fingerprint density at radius 1 is 1.22 bits per heavy atom. The zero-order valence-electron chi connectivity index (χ0n) is 10.4. The molecular formula is C14H17NO3. The first kappa shape index (κ1) is 12.8. The van der Waals surface area contributed by atoms with E-state index in [1.165, 1.54) is 0 Å². The van der Waals surface area contributed by atoms with Gasteiger partial charge in [0.2, 0.25) is 0 Å². The van der Waals surface area contributed by atoms with Crippen LogP contribution in [0.4, 0.5) is 0 Å². The number of carbonyl (C=O) groups excluding carboxylic acids is 1. The maximum absolute atomic E-state index is 11.7. The minimum Gasteiger partial charge on any atom is -0.475 e. The summed E-state index contributed by atoms with van der Waals surface area (Å²) in [6.45, 7) is 1.97. The van der Waals surface area contributed by atoms with Crippen LogP contribution in [-0.4, -0.2) is 41.9 Å². The van der Waals surface area contributed by atoms with Crippen molar-refractivity contribution in [3.8, 4) is 0 Å². The second-order valence-electron chi connectivity index (χ2n) is 4.80. The molecule has 96 valence electrons. The SMILES string of the molecule is CN1CCC(c2ccccc2C(=O)C(=O)O)CC1. The van der Waals surface area contributed by atoms with Gasteiger partial charge in [-0.2, -0.15) is 0 Å². The minimum atomic E-state index is -1.38. The summed E-state index contributed by atoms with van der Waals surface area (Å²) >= 11 is 0. The van der Waals surface area contributed by atoms with Gasteiger partial charge in [0, 0.05) is 5.56 Å². The molecule has 4 heteroatoms. The first-order valence-corrected chi connectivity index (χ1v) is 6.14. The predicted octanol–water partition coefficient (Wildman–Crippen LogP) is 1.76. The first-order chi connectivity index (χ1) is 8.59. The summed E-state index contributed by atoms with van der Waals surface area (Å²) in [5.74, 6) is -1.89. The molecule has 2 rings (SSSR count). The van der Waals surface area contributed by atoms with E-state index >= 15 is 0 Å². The molecule has 0 amide bonds. The lowest BCUT2D eigenvalue weighted by molar-refractivity contribution is -0.131. The summed E-state index contributed by atoms with van der Waals surface area (Å²) in [5, 5.41) is 8.84. The average Bonchev–Trinajstić information content (AvgIpc) is 2.39. The van der Waals surface area contributed by atoms with Gasteiger partial charge in [-0.3, -0.25) is 4.79 Å². The summed E-state index contributed by atoms with van der Waals surface area (Å²) in [4.78, 5) is 24.7. The van der Waals surface area contributed by atoms with Crippen molar-refractivity contribution >= 4 is 11.8 Å². The van der Waals surface area contributed by atoms with Crippen LogP contribution in [0.1, 0.15) is 34.7 Å². The van der Waals surface area contributed by atoms with Crippen LogP contribution in [0.25, 0.3) is 0 Å². The van der Waals surface area contributed by atoms with E-state index < -0.39 is 11.8 Å². The molecule has 0 radical (unpaired) electrons. The number of likely N-dealkylation sites (tertiary alicyclic amines) is 1. The molecule has 0 saturated carbocycles. The number of rotatable bonds is 3. The zero-order chi connectivity index (χ0) is 13.1. The van der Waals surface area contributed by atoms with Gasteiger partial charge in [0.25, 0.3) is 5.78 Å². The molecule has 1 N–H and O–H groups in total. The van der Waals surface area contributed by atoms with Crippen LogP contribution >= 0.6 is 0 Å². The molecule has 0 unspecified atom stereocenters. The minimum absolute atomic E-state index is 0.292. The highest BCUT2D eigenvalue weighted by Gasteiger charge is 2.25. The Balaban J connectivity index is 2.27. The highest BCUT2D eigenvalue weighted by atomic mass is 16.4. The predicted molar refractivity (Wildman–Crippen MR) is 67.9 cm³/mol.